The van der Waals surface area contributed by atoms with Crippen LogP contribution in [0.25, 0.3) is 11.0 Å². The number of benzene rings is 2. The molecule has 1 N–H and O–H groups in total. The number of piperidine rings is 1. The van der Waals surface area contributed by atoms with Crippen LogP contribution >= 0.6 is 0 Å². The molecule has 4 rings (SSSR count). The number of halogens is 1. The van der Waals surface area contributed by atoms with Gasteiger partial charge in [0.1, 0.15) is 16.9 Å². The number of hydrogen-bond acceptors (Lipinski definition) is 3. The number of amides is 1. The number of aromatic amines is 1. The van der Waals surface area contributed by atoms with E-state index in [1.807, 2.05) is 11.0 Å². The van der Waals surface area contributed by atoms with Crippen LogP contribution in [0.5, 0.6) is 0 Å². The molecule has 0 spiro atoms. The van der Waals surface area contributed by atoms with Crippen LogP contribution in [0.15, 0.2) is 42.5 Å². The van der Waals surface area contributed by atoms with Gasteiger partial charge in [0.15, 0.2) is 0 Å². The number of aromatic nitrogens is 3. The summed E-state index contributed by atoms with van der Waals surface area (Å²) in [5.41, 5.74) is 2.83. The molecule has 3 aromatic rings. The van der Waals surface area contributed by atoms with Gasteiger partial charge in [0.05, 0.1) is 6.04 Å². The van der Waals surface area contributed by atoms with E-state index in [2.05, 4.69) is 15.4 Å². The summed E-state index contributed by atoms with van der Waals surface area (Å²) in [6.45, 7) is 0.677. The van der Waals surface area contributed by atoms with Gasteiger partial charge < -0.3 is 4.90 Å². The Morgan fingerprint density at radius 2 is 2.00 bits per heavy atom. The standard InChI is InChI=1S/C18H17FN4O/c19-14-5-3-4-12(10-14)17-6-1-2-9-23(17)18(24)13-7-8-15-16(11-13)21-22-20-15/h3-5,7-8,10-11,17H,1-2,6,9H2,(H,20,21,22). The molecular formula is C18H17FN4O. The zero-order chi connectivity index (χ0) is 16.5. The molecule has 6 heteroatoms. The molecule has 1 saturated heterocycles. The van der Waals surface area contributed by atoms with Crippen molar-refractivity contribution in [3.8, 4) is 0 Å². The zero-order valence-electron chi connectivity index (χ0n) is 13.1. The minimum Gasteiger partial charge on any atom is -0.332 e. The van der Waals surface area contributed by atoms with Crippen LogP contribution in [-0.2, 0) is 0 Å². The highest BCUT2D eigenvalue weighted by molar-refractivity contribution is 5.97. The number of nitrogens with one attached hydrogen (secondary N) is 1. The van der Waals surface area contributed by atoms with E-state index in [1.165, 1.54) is 12.1 Å². The lowest BCUT2D eigenvalue weighted by Crippen LogP contribution is -2.38. The molecule has 2 aromatic carbocycles. The summed E-state index contributed by atoms with van der Waals surface area (Å²) >= 11 is 0. The maximum absolute atomic E-state index is 13.6. The smallest absolute Gasteiger partial charge is 0.254 e. The summed E-state index contributed by atoms with van der Waals surface area (Å²) in [5, 5.41) is 10.6. The number of fused-ring (bicyclic) bond motifs is 1. The van der Waals surface area contributed by atoms with E-state index in [0.29, 0.717) is 17.6 Å². The Labute approximate surface area is 138 Å². The molecule has 1 atom stereocenters. The van der Waals surface area contributed by atoms with E-state index in [-0.39, 0.29) is 17.8 Å². The van der Waals surface area contributed by atoms with Gasteiger partial charge in [-0.2, -0.15) is 15.4 Å². The van der Waals surface area contributed by atoms with Crippen molar-refractivity contribution >= 4 is 16.9 Å². The monoisotopic (exact) mass is 324 g/mol. The summed E-state index contributed by atoms with van der Waals surface area (Å²) in [5.74, 6) is -0.316. The molecular weight excluding hydrogens is 307 g/mol. The molecule has 1 aliphatic heterocycles. The van der Waals surface area contributed by atoms with Crippen LogP contribution in [0.4, 0.5) is 4.39 Å². The van der Waals surface area contributed by atoms with Gasteiger partial charge in [-0.15, -0.1) is 0 Å². The minimum absolute atomic E-state index is 0.0474. The van der Waals surface area contributed by atoms with Crippen molar-refractivity contribution in [3.05, 3.63) is 59.4 Å². The SMILES string of the molecule is O=C(c1ccc2n[nH]nc2c1)N1CCCCC1c1cccc(F)c1. The van der Waals surface area contributed by atoms with Crippen molar-refractivity contribution < 1.29 is 9.18 Å². The van der Waals surface area contributed by atoms with Gasteiger partial charge in [-0.1, -0.05) is 12.1 Å². The Balaban J connectivity index is 1.67. The molecule has 1 fully saturated rings. The van der Waals surface area contributed by atoms with E-state index in [0.717, 1.165) is 30.3 Å². The van der Waals surface area contributed by atoms with E-state index in [1.54, 1.807) is 24.3 Å². The van der Waals surface area contributed by atoms with Gasteiger partial charge in [-0.3, -0.25) is 4.79 Å². The molecule has 1 amide bonds. The first-order valence-corrected chi connectivity index (χ1v) is 8.09. The third-order valence-electron chi connectivity index (χ3n) is 4.56. The van der Waals surface area contributed by atoms with Crippen LogP contribution in [0, 0.1) is 5.82 Å². The van der Waals surface area contributed by atoms with Crippen LogP contribution in [0.2, 0.25) is 0 Å². The second kappa shape index (κ2) is 6.03. The molecule has 122 valence electrons. The Bertz CT molecular complexity index is 891. The quantitative estimate of drug-likeness (QED) is 0.785. The number of rotatable bonds is 2. The lowest BCUT2D eigenvalue weighted by atomic mass is 9.94. The fourth-order valence-corrected chi connectivity index (χ4v) is 3.37. The van der Waals surface area contributed by atoms with E-state index in [4.69, 9.17) is 0 Å². The van der Waals surface area contributed by atoms with Gasteiger partial charge in [0, 0.05) is 12.1 Å². The van der Waals surface area contributed by atoms with Gasteiger partial charge in [-0.05, 0) is 55.2 Å². The van der Waals surface area contributed by atoms with Crippen LogP contribution in [-0.4, -0.2) is 32.8 Å². The number of carbonyl (C=O) groups excluding carboxylic acids is 1. The Morgan fingerprint density at radius 1 is 1.12 bits per heavy atom. The largest absolute Gasteiger partial charge is 0.332 e. The van der Waals surface area contributed by atoms with Crippen LogP contribution in [0.3, 0.4) is 0 Å². The molecule has 1 aromatic heterocycles. The van der Waals surface area contributed by atoms with Gasteiger partial charge in [0.2, 0.25) is 0 Å². The maximum Gasteiger partial charge on any atom is 0.254 e. The molecule has 0 saturated carbocycles. The van der Waals surface area contributed by atoms with E-state index < -0.39 is 0 Å². The molecule has 24 heavy (non-hydrogen) atoms. The van der Waals surface area contributed by atoms with Crippen molar-refractivity contribution in [3.63, 3.8) is 0 Å². The van der Waals surface area contributed by atoms with Crippen molar-refractivity contribution in [1.82, 2.24) is 20.3 Å². The molecule has 1 unspecified atom stereocenters. The minimum atomic E-state index is -0.269. The number of H-pyrrole nitrogens is 1. The zero-order valence-corrected chi connectivity index (χ0v) is 13.1. The Hall–Kier alpha value is -2.76. The average Bonchev–Trinajstić information content (AvgIpc) is 3.09. The molecule has 0 radical (unpaired) electrons. The topological polar surface area (TPSA) is 61.9 Å². The number of likely N-dealkylation sites (tertiary alicyclic amines) is 1. The second-order valence-electron chi connectivity index (χ2n) is 6.09. The fraction of sp³-hybridized carbons (Fsp3) is 0.278. The van der Waals surface area contributed by atoms with Gasteiger partial charge in [-0.25, -0.2) is 4.39 Å². The summed E-state index contributed by atoms with van der Waals surface area (Å²) in [7, 11) is 0. The number of carbonyl (C=O) groups is 1. The Kier molecular flexibility index (Phi) is 3.72. The highest BCUT2D eigenvalue weighted by Gasteiger charge is 2.29. The first kappa shape index (κ1) is 14.8. The van der Waals surface area contributed by atoms with E-state index in [9.17, 15) is 9.18 Å². The second-order valence-corrected chi connectivity index (χ2v) is 6.09. The van der Waals surface area contributed by atoms with Crippen molar-refractivity contribution in [2.45, 2.75) is 25.3 Å². The molecule has 2 heterocycles. The van der Waals surface area contributed by atoms with Crippen molar-refractivity contribution in [2.75, 3.05) is 6.54 Å². The Morgan fingerprint density at radius 3 is 2.88 bits per heavy atom. The van der Waals surface area contributed by atoms with Crippen LogP contribution in [0.1, 0.15) is 41.2 Å². The van der Waals surface area contributed by atoms with Gasteiger partial charge in [0.25, 0.3) is 5.91 Å². The first-order chi connectivity index (χ1) is 11.7. The lowest BCUT2D eigenvalue weighted by molar-refractivity contribution is 0.0611. The summed E-state index contributed by atoms with van der Waals surface area (Å²) in [6.07, 6.45) is 2.85. The fourth-order valence-electron chi connectivity index (χ4n) is 3.37. The lowest BCUT2D eigenvalue weighted by Gasteiger charge is -2.36. The number of hydrogen-bond donors (Lipinski definition) is 1. The van der Waals surface area contributed by atoms with Crippen LogP contribution < -0.4 is 0 Å². The number of nitrogens with zero attached hydrogens (tertiary/aromatic N) is 3. The molecule has 1 aliphatic rings. The molecule has 0 bridgehead atoms. The highest BCUT2D eigenvalue weighted by atomic mass is 19.1. The normalized spacial score (nSPS) is 18.0. The average molecular weight is 324 g/mol. The predicted octanol–water partition coefficient (Wildman–Crippen LogP) is 3.46. The summed E-state index contributed by atoms with van der Waals surface area (Å²) in [4.78, 5) is 14.9. The van der Waals surface area contributed by atoms with E-state index >= 15 is 0 Å². The third-order valence-corrected chi connectivity index (χ3v) is 4.56. The highest BCUT2D eigenvalue weighted by Crippen LogP contribution is 2.32. The molecule has 5 nitrogen and oxygen atoms in total. The van der Waals surface area contributed by atoms with Gasteiger partial charge >= 0.3 is 0 Å². The summed E-state index contributed by atoms with van der Waals surface area (Å²) in [6, 6.07) is 11.8. The predicted molar refractivity (Wildman–Crippen MR) is 87.9 cm³/mol. The molecule has 0 aliphatic carbocycles. The maximum atomic E-state index is 13.6. The van der Waals surface area contributed by atoms with Crippen molar-refractivity contribution in [1.29, 1.82) is 0 Å². The third kappa shape index (κ3) is 2.64. The summed E-state index contributed by atoms with van der Waals surface area (Å²) < 4.78 is 13.6. The van der Waals surface area contributed by atoms with Crippen molar-refractivity contribution in [2.24, 2.45) is 0 Å². The first-order valence-electron chi connectivity index (χ1n) is 8.09.